The fourth-order valence-electron chi connectivity index (χ4n) is 6.77. The van der Waals surface area contributed by atoms with E-state index in [0.717, 1.165) is 30.8 Å². The minimum Gasteiger partial charge on any atom is -0.396 e. The fourth-order valence-corrected chi connectivity index (χ4v) is 6.77. The Morgan fingerprint density at radius 2 is 1.96 bits per heavy atom. The van der Waals surface area contributed by atoms with Crippen LogP contribution in [0.2, 0.25) is 0 Å². The van der Waals surface area contributed by atoms with Crippen LogP contribution in [0.15, 0.2) is 28.5 Å². The second kappa shape index (κ2) is 8.76. The second-order valence-electron chi connectivity index (χ2n) is 11.0. The second-order valence-corrected chi connectivity index (χ2v) is 11.0. The quantitative estimate of drug-likeness (QED) is 0.183. The molecule has 0 radical (unpaired) electrons. The number of hydrogen-bond acceptors (Lipinski definition) is 2. The molecule has 158 valence electrons. The zero-order valence-corrected chi connectivity index (χ0v) is 19.3. The average molecular weight is 386 g/mol. The van der Waals surface area contributed by atoms with Gasteiger partial charge in [0.15, 0.2) is 0 Å². The van der Waals surface area contributed by atoms with Gasteiger partial charge in [0.25, 0.3) is 0 Å². The van der Waals surface area contributed by atoms with Gasteiger partial charge in [0, 0.05) is 0 Å². The Balaban J connectivity index is 1.51. The molecule has 3 aliphatic rings. The molecule has 0 heterocycles. The van der Waals surface area contributed by atoms with Gasteiger partial charge in [0.2, 0.25) is 0 Å². The molecule has 0 aliphatic heterocycles. The van der Waals surface area contributed by atoms with Crippen molar-refractivity contribution in [3.63, 3.8) is 0 Å². The number of oxime groups is 1. The largest absolute Gasteiger partial charge is 0.396 e. The van der Waals surface area contributed by atoms with Crippen molar-refractivity contribution in [2.75, 3.05) is 6.61 Å². The van der Waals surface area contributed by atoms with Crippen molar-refractivity contribution in [2.24, 2.45) is 39.7 Å². The van der Waals surface area contributed by atoms with Crippen LogP contribution in [0.1, 0.15) is 92.9 Å². The predicted molar refractivity (Wildman–Crippen MR) is 120 cm³/mol. The molecule has 0 aromatic heterocycles. The molecule has 0 amide bonds. The molecule has 4 bridgehead atoms. The summed E-state index contributed by atoms with van der Waals surface area (Å²) in [5.41, 5.74) is 4.00. The Morgan fingerprint density at radius 3 is 2.71 bits per heavy atom. The third-order valence-electron chi connectivity index (χ3n) is 8.26. The maximum atomic E-state index is 5.59. The van der Waals surface area contributed by atoms with Crippen molar-refractivity contribution in [1.29, 1.82) is 0 Å². The van der Waals surface area contributed by atoms with Crippen molar-refractivity contribution < 1.29 is 4.84 Å². The van der Waals surface area contributed by atoms with E-state index < -0.39 is 0 Å². The highest BCUT2D eigenvalue weighted by Gasteiger charge is 2.62. The lowest BCUT2D eigenvalue weighted by Crippen LogP contribution is -2.28. The van der Waals surface area contributed by atoms with Gasteiger partial charge < -0.3 is 4.84 Å². The first kappa shape index (κ1) is 21.7. The van der Waals surface area contributed by atoms with Gasteiger partial charge in [-0.2, -0.15) is 0 Å². The lowest BCUT2D eigenvalue weighted by atomic mass is 9.68. The molecule has 2 heteroatoms. The Kier molecular flexibility index (Phi) is 6.77. The van der Waals surface area contributed by atoms with E-state index in [1.807, 2.05) is 6.21 Å². The molecule has 3 aliphatic carbocycles. The number of hydrogen-bond donors (Lipinski definition) is 0. The molecule has 0 aromatic rings. The van der Waals surface area contributed by atoms with E-state index in [1.165, 1.54) is 50.5 Å². The van der Waals surface area contributed by atoms with Crippen LogP contribution in [0.25, 0.3) is 0 Å². The molecule has 3 fully saturated rings. The van der Waals surface area contributed by atoms with Gasteiger partial charge in [-0.3, -0.25) is 0 Å². The van der Waals surface area contributed by atoms with Crippen molar-refractivity contribution in [3.8, 4) is 0 Å². The van der Waals surface area contributed by atoms with Crippen LogP contribution >= 0.6 is 0 Å². The smallest absolute Gasteiger partial charge is 0.117 e. The van der Waals surface area contributed by atoms with Crippen LogP contribution in [0.3, 0.4) is 0 Å². The van der Waals surface area contributed by atoms with E-state index in [4.69, 9.17) is 4.84 Å². The molecule has 5 atom stereocenters. The van der Waals surface area contributed by atoms with Gasteiger partial charge >= 0.3 is 0 Å². The number of allylic oxidation sites excluding steroid dienone is 4. The zero-order chi connectivity index (χ0) is 20.4. The lowest BCUT2D eigenvalue weighted by Gasteiger charge is -2.36. The Morgan fingerprint density at radius 1 is 1.18 bits per heavy atom. The number of rotatable bonds is 8. The predicted octanol–water partition coefficient (Wildman–Crippen LogP) is 7.56. The SMILES string of the molecule is CC(C)=CCCC(C)CCO/N=C/C=C1/[C@H]2CC[C@@H]3[C@H]2C(C)(C)CCC[C@]13C. The average Bonchev–Trinajstić information content (AvgIpc) is 3.11. The topological polar surface area (TPSA) is 21.6 Å². The van der Waals surface area contributed by atoms with Crippen molar-refractivity contribution in [2.45, 2.75) is 92.9 Å². The minimum absolute atomic E-state index is 0.410. The third kappa shape index (κ3) is 4.41. The van der Waals surface area contributed by atoms with Crippen molar-refractivity contribution in [3.05, 3.63) is 23.3 Å². The summed E-state index contributed by atoms with van der Waals surface area (Å²) in [5, 5.41) is 4.29. The van der Waals surface area contributed by atoms with E-state index >= 15 is 0 Å². The highest BCUT2D eigenvalue weighted by Crippen LogP contribution is 2.70. The van der Waals surface area contributed by atoms with Gasteiger partial charge in [0.05, 0.1) is 6.21 Å². The molecule has 0 N–H and O–H groups in total. The van der Waals surface area contributed by atoms with E-state index in [2.05, 4.69) is 58.9 Å². The summed E-state index contributed by atoms with van der Waals surface area (Å²) in [7, 11) is 0. The standard InChI is InChI=1S/C26H43NO/c1-19(2)9-7-10-20(3)14-18-28-27-17-13-22-21-11-12-23-24(21)25(4,5)15-8-16-26(22,23)6/h9,13,17,20-21,23-24H,7-8,10-12,14-16,18H2,1-6H3/b22-13-,27-17+/t20?,21-,23-,24+,26-/m1/s1. The fraction of sp³-hybridized carbons (Fsp3) is 0.808. The monoisotopic (exact) mass is 385 g/mol. The van der Waals surface area contributed by atoms with Crippen LogP contribution in [-0.4, -0.2) is 12.8 Å². The van der Waals surface area contributed by atoms with Gasteiger partial charge in [-0.1, -0.05) is 56.5 Å². The minimum atomic E-state index is 0.410. The molecule has 0 spiro atoms. The normalized spacial score (nSPS) is 35.9. The Hall–Kier alpha value is -1.05. The summed E-state index contributed by atoms with van der Waals surface area (Å²) in [6, 6.07) is 0. The molecular weight excluding hydrogens is 342 g/mol. The molecule has 0 saturated heterocycles. The lowest BCUT2D eigenvalue weighted by molar-refractivity contribution is 0.131. The highest BCUT2D eigenvalue weighted by atomic mass is 16.6. The maximum absolute atomic E-state index is 5.59. The van der Waals surface area contributed by atoms with Gasteiger partial charge in [-0.15, -0.1) is 0 Å². The van der Waals surface area contributed by atoms with Crippen LogP contribution in [0.4, 0.5) is 0 Å². The van der Waals surface area contributed by atoms with Crippen LogP contribution in [0, 0.1) is 34.5 Å². The van der Waals surface area contributed by atoms with Crippen LogP contribution in [0.5, 0.6) is 0 Å². The summed E-state index contributed by atoms with van der Waals surface area (Å²) in [5.74, 6) is 3.24. The molecular formula is C26H43NO. The highest BCUT2D eigenvalue weighted by molar-refractivity contribution is 5.72. The Labute approximate surface area is 173 Å². The molecule has 0 aromatic carbocycles. The van der Waals surface area contributed by atoms with Crippen molar-refractivity contribution in [1.82, 2.24) is 0 Å². The first-order valence-electron chi connectivity index (χ1n) is 11.7. The summed E-state index contributed by atoms with van der Waals surface area (Å²) in [6.45, 7) is 15.0. The number of nitrogens with zero attached hydrogens (tertiary/aromatic N) is 1. The molecule has 1 unspecified atom stereocenters. The molecule has 2 nitrogen and oxygen atoms in total. The van der Waals surface area contributed by atoms with E-state index in [9.17, 15) is 0 Å². The molecule has 3 saturated carbocycles. The van der Waals surface area contributed by atoms with Gasteiger partial charge in [0.1, 0.15) is 6.61 Å². The van der Waals surface area contributed by atoms with Crippen LogP contribution in [-0.2, 0) is 4.84 Å². The van der Waals surface area contributed by atoms with E-state index in [1.54, 1.807) is 5.57 Å². The van der Waals surface area contributed by atoms with E-state index in [-0.39, 0.29) is 0 Å². The molecule has 3 rings (SSSR count). The Bertz CT molecular complexity index is 624. The zero-order valence-electron chi connectivity index (χ0n) is 19.3. The third-order valence-corrected chi connectivity index (χ3v) is 8.26. The van der Waals surface area contributed by atoms with E-state index in [0.29, 0.717) is 16.7 Å². The van der Waals surface area contributed by atoms with Crippen molar-refractivity contribution >= 4 is 6.21 Å². The van der Waals surface area contributed by atoms with Gasteiger partial charge in [-0.25, -0.2) is 0 Å². The first-order chi connectivity index (χ1) is 13.3. The summed E-state index contributed by atoms with van der Waals surface area (Å²) < 4.78 is 0. The summed E-state index contributed by atoms with van der Waals surface area (Å²) in [4.78, 5) is 5.59. The summed E-state index contributed by atoms with van der Waals surface area (Å²) >= 11 is 0. The molecule has 28 heavy (non-hydrogen) atoms. The first-order valence-corrected chi connectivity index (χ1v) is 11.7. The summed E-state index contributed by atoms with van der Waals surface area (Å²) in [6.07, 6.45) is 17.1. The maximum Gasteiger partial charge on any atom is 0.117 e. The van der Waals surface area contributed by atoms with Gasteiger partial charge in [-0.05, 0) is 99.4 Å². The van der Waals surface area contributed by atoms with Crippen LogP contribution < -0.4 is 0 Å².